The first-order valence-corrected chi connectivity index (χ1v) is 24.4. The quantitative estimate of drug-likeness (QED) is 0.0197. The van der Waals surface area contributed by atoms with Crippen molar-refractivity contribution in [2.24, 2.45) is 0 Å². The van der Waals surface area contributed by atoms with Crippen molar-refractivity contribution in [3.63, 3.8) is 0 Å². The Bertz CT molecular complexity index is 1340. The summed E-state index contributed by atoms with van der Waals surface area (Å²) in [5.74, 6) is -0.943. The van der Waals surface area contributed by atoms with Gasteiger partial charge >= 0.3 is 11.9 Å². The van der Waals surface area contributed by atoms with Crippen LogP contribution in [0.5, 0.6) is 0 Å². The summed E-state index contributed by atoms with van der Waals surface area (Å²) in [4.78, 5) is 37.5. The van der Waals surface area contributed by atoms with Crippen LogP contribution in [-0.4, -0.2) is 70.0 Å². The van der Waals surface area contributed by atoms with E-state index in [1.807, 2.05) is 33.3 Å². The third kappa shape index (κ3) is 44.5. The fourth-order valence-electron chi connectivity index (χ4n) is 5.60. The zero-order chi connectivity index (χ0) is 44.3. The summed E-state index contributed by atoms with van der Waals surface area (Å²) < 4.78 is 33.8. The number of quaternary nitrogens is 1. The second-order valence-electron chi connectivity index (χ2n) is 16.0. The predicted octanol–water partition coefficient (Wildman–Crippen LogP) is 12.7. The monoisotopic (exact) mass is 858 g/mol. The lowest BCUT2D eigenvalue weighted by molar-refractivity contribution is -0.870. The van der Waals surface area contributed by atoms with Gasteiger partial charge in [-0.1, -0.05) is 162 Å². The molecule has 9 nitrogen and oxygen atoms in total. The molecule has 0 amide bonds. The van der Waals surface area contributed by atoms with E-state index in [0.29, 0.717) is 23.9 Å². The summed E-state index contributed by atoms with van der Waals surface area (Å²) >= 11 is 0. The van der Waals surface area contributed by atoms with Gasteiger partial charge in [-0.05, 0) is 77.0 Å². The highest BCUT2D eigenvalue weighted by molar-refractivity contribution is 7.45. The van der Waals surface area contributed by atoms with Gasteiger partial charge in [0, 0.05) is 12.8 Å². The molecule has 0 saturated heterocycles. The van der Waals surface area contributed by atoms with Gasteiger partial charge in [-0.25, -0.2) is 0 Å². The Morgan fingerprint density at radius 3 is 1.40 bits per heavy atom. The molecule has 0 saturated carbocycles. The molecule has 0 aliphatic heterocycles. The minimum atomic E-state index is -4.65. The molecule has 0 bridgehead atoms. The van der Waals surface area contributed by atoms with E-state index in [1.165, 1.54) is 38.5 Å². The summed E-state index contributed by atoms with van der Waals surface area (Å²) in [7, 11) is 1.11. The molecule has 10 heteroatoms. The highest BCUT2D eigenvalue weighted by Gasteiger charge is 2.21. The van der Waals surface area contributed by atoms with E-state index in [2.05, 4.69) is 98.9 Å². The van der Waals surface area contributed by atoms with Crippen LogP contribution in [0.4, 0.5) is 0 Å². The minimum Gasteiger partial charge on any atom is -0.756 e. The third-order valence-electron chi connectivity index (χ3n) is 9.11. The number of hydrogen-bond acceptors (Lipinski definition) is 8. The van der Waals surface area contributed by atoms with Crippen molar-refractivity contribution in [2.45, 2.75) is 161 Å². The first kappa shape index (κ1) is 56.9. The molecule has 0 aliphatic carbocycles. The highest BCUT2D eigenvalue weighted by atomic mass is 31.2. The molecule has 0 spiro atoms. The van der Waals surface area contributed by atoms with Crippen molar-refractivity contribution in [3.05, 3.63) is 97.2 Å². The molecule has 0 radical (unpaired) electrons. The second-order valence-corrected chi connectivity index (χ2v) is 17.4. The van der Waals surface area contributed by atoms with Crippen LogP contribution in [0.25, 0.3) is 0 Å². The Kier molecular flexibility index (Phi) is 39.2. The van der Waals surface area contributed by atoms with Gasteiger partial charge < -0.3 is 27.9 Å². The lowest BCUT2D eigenvalue weighted by Gasteiger charge is -2.28. The van der Waals surface area contributed by atoms with E-state index in [-0.39, 0.29) is 26.1 Å². The minimum absolute atomic E-state index is 0.0474. The number of rotatable bonds is 40. The van der Waals surface area contributed by atoms with Crippen LogP contribution >= 0.6 is 7.82 Å². The summed E-state index contributed by atoms with van der Waals surface area (Å²) in [6.07, 6.45) is 54.6. The maximum Gasteiger partial charge on any atom is 0.306 e. The number of unbranched alkanes of at least 4 members (excludes halogenated alkanes) is 10. The number of carbonyl (C=O) groups excluding carboxylic acids is 2. The standard InChI is InChI=1S/C50H84NO8P/c1-6-8-10-12-14-16-18-20-21-22-23-24-25-26-27-28-29-31-33-35-37-39-41-43-50(53)59-48(47-58-60(54,55)57-45-44-51(3,4)5)46-56-49(52)42-40-38-36-34-32-30-19-17-15-13-11-9-7-2/h8-11,14-17,20-21,23-24,30,32,36,38,48H,6-7,12-13,18-19,22,25-29,31,33-35,37,39-47H2,1-5H3/b10-8-,11-9-,16-14-,17-15-,21-20-,24-23-,32-30-,38-36-. The number of ether oxygens (including phenoxy) is 2. The van der Waals surface area contributed by atoms with E-state index in [0.717, 1.165) is 77.0 Å². The van der Waals surface area contributed by atoms with Crippen molar-refractivity contribution in [1.82, 2.24) is 0 Å². The number of nitrogens with zero attached hydrogens (tertiary/aromatic N) is 1. The maximum atomic E-state index is 12.7. The summed E-state index contributed by atoms with van der Waals surface area (Å²) in [6.45, 7) is 3.89. The summed E-state index contributed by atoms with van der Waals surface area (Å²) in [5.41, 5.74) is 0. The average Bonchev–Trinajstić information content (AvgIpc) is 3.20. The Morgan fingerprint density at radius 2 is 0.933 bits per heavy atom. The largest absolute Gasteiger partial charge is 0.756 e. The lowest BCUT2D eigenvalue weighted by Crippen LogP contribution is -2.37. The highest BCUT2D eigenvalue weighted by Crippen LogP contribution is 2.38. The topological polar surface area (TPSA) is 111 Å². The Morgan fingerprint density at radius 1 is 0.517 bits per heavy atom. The van der Waals surface area contributed by atoms with Gasteiger partial charge in [-0.3, -0.25) is 14.2 Å². The van der Waals surface area contributed by atoms with Crippen LogP contribution in [0.15, 0.2) is 97.2 Å². The molecule has 0 rings (SSSR count). The van der Waals surface area contributed by atoms with Crippen LogP contribution in [-0.2, 0) is 32.7 Å². The molecule has 0 aromatic carbocycles. The molecule has 0 aromatic heterocycles. The number of phosphoric ester groups is 1. The predicted molar refractivity (Wildman–Crippen MR) is 249 cm³/mol. The van der Waals surface area contributed by atoms with Gasteiger partial charge in [0.15, 0.2) is 6.10 Å². The van der Waals surface area contributed by atoms with Crippen molar-refractivity contribution in [2.75, 3.05) is 47.5 Å². The van der Waals surface area contributed by atoms with Crippen LogP contribution in [0.3, 0.4) is 0 Å². The van der Waals surface area contributed by atoms with E-state index in [4.69, 9.17) is 18.5 Å². The third-order valence-corrected chi connectivity index (χ3v) is 10.1. The fraction of sp³-hybridized carbons (Fsp3) is 0.640. The summed E-state index contributed by atoms with van der Waals surface area (Å²) in [6, 6.07) is 0. The number of esters is 2. The maximum absolute atomic E-state index is 12.7. The van der Waals surface area contributed by atoms with Crippen LogP contribution in [0, 0.1) is 0 Å². The average molecular weight is 858 g/mol. The van der Waals surface area contributed by atoms with Gasteiger partial charge in [-0.2, -0.15) is 0 Å². The molecular weight excluding hydrogens is 774 g/mol. The molecule has 0 aromatic rings. The molecular formula is C50H84NO8P. The van der Waals surface area contributed by atoms with Crippen molar-refractivity contribution in [1.29, 1.82) is 0 Å². The van der Waals surface area contributed by atoms with Gasteiger partial charge in [0.2, 0.25) is 0 Å². The van der Waals surface area contributed by atoms with E-state index in [1.54, 1.807) is 0 Å². The molecule has 342 valence electrons. The Balaban J connectivity index is 4.36. The number of allylic oxidation sites excluding steroid dienone is 16. The molecule has 0 aliphatic rings. The Hall–Kier alpha value is -3.07. The van der Waals surface area contributed by atoms with Crippen LogP contribution in [0.1, 0.15) is 155 Å². The lowest BCUT2D eigenvalue weighted by atomic mass is 10.0. The van der Waals surface area contributed by atoms with E-state index in [9.17, 15) is 19.0 Å². The normalized spacial score (nSPS) is 14.4. The van der Waals surface area contributed by atoms with Gasteiger partial charge in [0.1, 0.15) is 19.8 Å². The van der Waals surface area contributed by atoms with Crippen LogP contribution in [0.2, 0.25) is 0 Å². The first-order valence-electron chi connectivity index (χ1n) is 22.9. The van der Waals surface area contributed by atoms with Gasteiger partial charge in [0.05, 0.1) is 27.7 Å². The fourth-order valence-corrected chi connectivity index (χ4v) is 6.33. The molecule has 0 fully saturated rings. The Labute approximate surface area is 366 Å². The van der Waals surface area contributed by atoms with E-state index >= 15 is 0 Å². The second kappa shape index (κ2) is 41.3. The van der Waals surface area contributed by atoms with Crippen molar-refractivity contribution >= 4 is 19.8 Å². The smallest absolute Gasteiger partial charge is 0.306 e. The van der Waals surface area contributed by atoms with E-state index < -0.39 is 32.5 Å². The zero-order valence-corrected chi connectivity index (χ0v) is 39.3. The summed E-state index contributed by atoms with van der Waals surface area (Å²) in [5, 5.41) is 0. The molecule has 0 N–H and O–H groups in total. The van der Waals surface area contributed by atoms with Gasteiger partial charge in [0.25, 0.3) is 7.82 Å². The number of phosphoric acid groups is 1. The molecule has 2 unspecified atom stereocenters. The molecule has 0 heterocycles. The molecule has 2 atom stereocenters. The number of hydrogen-bond donors (Lipinski definition) is 0. The van der Waals surface area contributed by atoms with Crippen molar-refractivity contribution in [3.8, 4) is 0 Å². The van der Waals surface area contributed by atoms with Gasteiger partial charge in [-0.15, -0.1) is 0 Å². The zero-order valence-electron chi connectivity index (χ0n) is 38.4. The first-order chi connectivity index (χ1) is 29.0. The number of carbonyl (C=O) groups is 2. The number of likely N-dealkylation sites (N-methyl/N-ethyl adjacent to an activating group) is 1. The van der Waals surface area contributed by atoms with Crippen molar-refractivity contribution < 1.29 is 42.1 Å². The molecule has 60 heavy (non-hydrogen) atoms. The van der Waals surface area contributed by atoms with Crippen LogP contribution < -0.4 is 4.89 Å². The SMILES string of the molecule is CC/C=C\C/C=C\C/C=C\C/C=C\CCCCCCCCCCCCC(=O)OC(COC(=O)CC/C=C\C/C=C\C/C=C\C/C=C\CC)COP(=O)([O-])OCC[N+](C)(C)C.